The summed E-state index contributed by atoms with van der Waals surface area (Å²) in [4.78, 5) is 17.9. The molecule has 0 aromatic carbocycles. The summed E-state index contributed by atoms with van der Waals surface area (Å²) in [6.45, 7) is 4.39. The van der Waals surface area contributed by atoms with Gasteiger partial charge in [0.2, 0.25) is 0 Å². The molecule has 1 saturated heterocycles. The molecule has 1 aromatic heterocycles. The van der Waals surface area contributed by atoms with Crippen LogP contribution in [0.3, 0.4) is 0 Å². The number of aliphatic hydroxyl groups is 1. The van der Waals surface area contributed by atoms with Crippen LogP contribution in [0.5, 0.6) is 0 Å². The molecule has 1 fully saturated rings. The predicted molar refractivity (Wildman–Crippen MR) is 77.5 cm³/mol. The zero-order valence-electron chi connectivity index (χ0n) is 12.0. The number of nitrogens with one attached hydrogen (secondary N) is 1. The highest BCUT2D eigenvalue weighted by Gasteiger charge is 2.21. The summed E-state index contributed by atoms with van der Waals surface area (Å²) >= 11 is 0. The van der Waals surface area contributed by atoms with Crippen LogP contribution >= 0.6 is 0 Å². The van der Waals surface area contributed by atoms with Gasteiger partial charge in [-0.2, -0.15) is 0 Å². The van der Waals surface area contributed by atoms with Crippen molar-refractivity contribution >= 4 is 6.03 Å². The van der Waals surface area contributed by atoms with E-state index in [0.29, 0.717) is 12.5 Å². The summed E-state index contributed by atoms with van der Waals surface area (Å²) in [7, 11) is 0. The number of likely N-dealkylation sites (tertiary alicyclic amines) is 1. The molecule has 20 heavy (non-hydrogen) atoms. The van der Waals surface area contributed by atoms with Gasteiger partial charge in [0.15, 0.2) is 0 Å². The number of carbonyl (C=O) groups is 1. The van der Waals surface area contributed by atoms with Gasteiger partial charge in [0.05, 0.1) is 0 Å². The molecule has 0 unspecified atom stereocenters. The highest BCUT2D eigenvalue weighted by molar-refractivity contribution is 5.74. The van der Waals surface area contributed by atoms with Gasteiger partial charge in [0, 0.05) is 38.6 Å². The van der Waals surface area contributed by atoms with Gasteiger partial charge in [-0.15, -0.1) is 0 Å². The van der Waals surface area contributed by atoms with Crippen LogP contribution < -0.4 is 5.32 Å². The Kier molecular flexibility index (Phi) is 5.35. The SMILES string of the molecule is Cc1cnccc1CCNC(=O)N1CCC(CO)CC1. The molecule has 2 N–H and O–H groups in total. The van der Waals surface area contributed by atoms with Gasteiger partial charge < -0.3 is 15.3 Å². The first-order valence-corrected chi connectivity index (χ1v) is 7.24. The van der Waals surface area contributed by atoms with E-state index in [1.54, 1.807) is 6.20 Å². The number of amides is 2. The minimum Gasteiger partial charge on any atom is -0.396 e. The number of hydrogen-bond donors (Lipinski definition) is 2. The molecule has 2 heterocycles. The maximum absolute atomic E-state index is 12.0. The van der Waals surface area contributed by atoms with Crippen molar-refractivity contribution in [1.29, 1.82) is 0 Å². The van der Waals surface area contributed by atoms with Gasteiger partial charge in [-0.3, -0.25) is 4.98 Å². The summed E-state index contributed by atoms with van der Waals surface area (Å²) in [5, 5.41) is 12.1. The van der Waals surface area contributed by atoms with E-state index < -0.39 is 0 Å². The van der Waals surface area contributed by atoms with E-state index in [1.165, 1.54) is 5.56 Å². The van der Waals surface area contributed by atoms with Gasteiger partial charge >= 0.3 is 6.03 Å². The molecule has 0 saturated carbocycles. The third-order valence-corrected chi connectivity index (χ3v) is 3.97. The molecule has 1 aliphatic heterocycles. The van der Waals surface area contributed by atoms with Crippen molar-refractivity contribution in [3.05, 3.63) is 29.6 Å². The number of pyridine rings is 1. The molecule has 1 aromatic rings. The number of rotatable bonds is 4. The Hall–Kier alpha value is -1.62. The molecule has 2 amide bonds. The fourth-order valence-corrected chi connectivity index (χ4v) is 2.52. The lowest BCUT2D eigenvalue weighted by atomic mass is 9.98. The molecule has 0 spiro atoms. The number of aliphatic hydroxyl groups excluding tert-OH is 1. The second-order valence-electron chi connectivity index (χ2n) is 5.40. The molecular weight excluding hydrogens is 254 g/mol. The van der Waals surface area contributed by atoms with Crippen molar-refractivity contribution in [3.8, 4) is 0 Å². The predicted octanol–water partition coefficient (Wildman–Crippen LogP) is 1.35. The molecule has 0 bridgehead atoms. The van der Waals surface area contributed by atoms with Crippen LogP contribution in [0, 0.1) is 12.8 Å². The summed E-state index contributed by atoms with van der Waals surface area (Å²) in [6, 6.07) is 2.00. The first-order valence-electron chi connectivity index (χ1n) is 7.24. The van der Waals surface area contributed by atoms with Crippen molar-refractivity contribution in [3.63, 3.8) is 0 Å². The number of nitrogens with zero attached hydrogens (tertiary/aromatic N) is 2. The first kappa shape index (κ1) is 14.8. The monoisotopic (exact) mass is 277 g/mol. The minimum absolute atomic E-state index is 0.00750. The third kappa shape index (κ3) is 3.93. The van der Waals surface area contributed by atoms with E-state index in [0.717, 1.165) is 37.9 Å². The maximum Gasteiger partial charge on any atom is 0.317 e. The lowest BCUT2D eigenvalue weighted by Gasteiger charge is -2.31. The van der Waals surface area contributed by atoms with Gasteiger partial charge in [0.25, 0.3) is 0 Å². The van der Waals surface area contributed by atoms with Crippen LogP contribution in [0.4, 0.5) is 4.79 Å². The Bertz CT molecular complexity index is 442. The van der Waals surface area contributed by atoms with Gasteiger partial charge in [-0.25, -0.2) is 4.79 Å². The van der Waals surface area contributed by atoms with E-state index in [2.05, 4.69) is 10.3 Å². The fraction of sp³-hybridized carbons (Fsp3) is 0.600. The van der Waals surface area contributed by atoms with Crippen LogP contribution in [-0.4, -0.2) is 47.3 Å². The normalized spacial score (nSPS) is 16.2. The van der Waals surface area contributed by atoms with E-state index >= 15 is 0 Å². The zero-order valence-corrected chi connectivity index (χ0v) is 12.0. The van der Waals surface area contributed by atoms with E-state index in [4.69, 9.17) is 5.11 Å². The summed E-state index contributed by atoms with van der Waals surface area (Å²) in [5.74, 6) is 0.360. The Morgan fingerprint density at radius 2 is 2.25 bits per heavy atom. The third-order valence-electron chi connectivity index (χ3n) is 3.97. The second-order valence-corrected chi connectivity index (χ2v) is 5.40. The minimum atomic E-state index is 0.00750. The number of urea groups is 1. The summed E-state index contributed by atoms with van der Waals surface area (Å²) in [6.07, 6.45) is 6.24. The van der Waals surface area contributed by atoms with Crippen molar-refractivity contribution in [1.82, 2.24) is 15.2 Å². The maximum atomic E-state index is 12.0. The van der Waals surface area contributed by atoms with Gasteiger partial charge in [-0.05, 0) is 49.3 Å². The molecule has 2 rings (SSSR count). The van der Waals surface area contributed by atoms with Gasteiger partial charge in [0.1, 0.15) is 0 Å². The lowest BCUT2D eigenvalue weighted by Crippen LogP contribution is -2.45. The average Bonchev–Trinajstić information content (AvgIpc) is 2.49. The summed E-state index contributed by atoms with van der Waals surface area (Å²) in [5.41, 5.74) is 2.38. The number of carbonyl (C=O) groups excluding carboxylic acids is 1. The fourth-order valence-electron chi connectivity index (χ4n) is 2.52. The molecule has 0 radical (unpaired) electrons. The Labute approximate surface area is 120 Å². The number of piperidine rings is 1. The summed E-state index contributed by atoms with van der Waals surface area (Å²) < 4.78 is 0. The van der Waals surface area contributed by atoms with Crippen molar-refractivity contribution in [2.24, 2.45) is 5.92 Å². The van der Waals surface area contributed by atoms with Crippen LogP contribution in [0.1, 0.15) is 24.0 Å². The second kappa shape index (κ2) is 7.24. The topological polar surface area (TPSA) is 65.5 Å². The highest BCUT2D eigenvalue weighted by Crippen LogP contribution is 2.16. The van der Waals surface area contributed by atoms with Crippen LogP contribution in [0.25, 0.3) is 0 Å². The molecule has 110 valence electrons. The highest BCUT2D eigenvalue weighted by atomic mass is 16.3. The largest absolute Gasteiger partial charge is 0.396 e. The van der Waals surface area contributed by atoms with E-state index in [-0.39, 0.29) is 12.6 Å². The molecular formula is C15H23N3O2. The Morgan fingerprint density at radius 1 is 1.50 bits per heavy atom. The molecule has 5 nitrogen and oxygen atoms in total. The van der Waals surface area contributed by atoms with Gasteiger partial charge in [-0.1, -0.05) is 0 Å². The quantitative estimate of drug-likeness (QED) is 0.873. The van der Waals surface area contributed by atoms with Crippen molar-refractivity contribution in [2.75, 3.05) is 26.2 Å². The number of hydrogen-bond acceptors (Lipinski definition) is 3. The van der Waals surface area contributed by atoms with Crippen molar-refractivity contribution in [2.45, 2.75) is 26.2 Å². The van der Waals surface area contributed by atoms with E-state index in [9.17, 15) is 4.79 Å². The van der Waals surface area contributed by atoms with Crippen molar-refractivity contribution < 1.29 is 9.90 Å². The first-order chi connectivity index (χ1) is 9.70. The lowest BCUT2D eigenvalue weighted by molar-refractivity contribution is 0.137. The molecule has 1 aliphatic rings. The van der Waals surface area contributed by atoms with Crippen LogP contribution in [0.15, 0.2) is 18.5 Å². The Morgan fingerprint density at radius 3 is 2.90 bits per heavy atom. The molecule has 0 aliphatic carbocycles. The smallest absolute Gasteiger partial charge is 0.317 e. The number of aryl methyl sites for hydroxylation is 1. The van der Waals surface area contributed by atoms with Crippen LogP contribution in [0.2, 0.25) is 0 Å². The van der Waals surface area contributed by atoms with E-state index in [1.807, 2.05) is 24.1 Å². The molecule has 5 heteroatoms. The molecule has 0 atom stereocenters. The standard InChI is InChI=1S/C15H23N3O2/c1-12-10-16-6-2-14(12)3-7-17-15(20)18-8-4-13(11-19)5-9-18/h2,6,10,13,19H,3-5,7-9,11H2,1H3,(H,17,20). The average molecular weight is 277 g/mol. The number of aromatic nitrogens is 1. The van der Waals surface area contributed by atoms with Crippen LogP contribution in [-0.2, 0) is 6.42 Å². The Balaban J connectivity index is 1.72. The zero-order chi connectivity index (χ0) is 14.4.